The summed E-state index contributed by atoms with van der Waals surface area (Å²) in [5, 5.41) is 11.0. The third-order valence-corrected chi connectivity index (χ3v) is 2.71. The average Bonchev–Trinajstić information content (AvgIpc) is 2.26. The molecule has 1 aromatic carbocycles. The molecule has 0 bridgehead atoms. The number of benzene rings is 1. The minimum Gasteiger partial charge on any atom is -0.481 e. The number of hydrogen-bond acceptors (Lipinski definition) is 2. The van der Waals surface area contributed by atoms with Crippen LogP contribution in [0.5, 0.6) is 0 Å². The molecule has 19 heavy (non-hydrogen) atoms. The Kier molecular flexibility index (Phi) is 5.35. The number of alkyl halides is 3. The van der Waals surface area contributed by atoms with Crippen molar-refractivity contribution in [2.24, 2.45) is 5.92 Å². The molecule has 0 aliphatic carbocycles. The molecule has 106 valence electrons. The summed E-state index contributed by atoms with van der Waals surface area (Å²) in [6, 6.07) is 7.63. The van der Waals surface area contributed by atoms with Crippen molar-refractivity contribution in [3.8, 4) is 0 Å². The van der Waals surface area contributed by atoms with Crippen molar-refractivity contribution in [1.29, 1.82) is 0 Å². The van der Waals surface area contributed by atoms with Crippen LogP contribution < -0.4 is 5.32 Å². The van der Waals surface area contributed by atoms with Crippen molar-refractivity contribution in [2.75, 3.05) is 13.1 Å². The Bertz CT molecular complexity index is 432. The molecule has 0 heterocycles. The van der Waals surface area contributed by atoms with E-state index in [4.69, 9.17) is 5.11 Å². The fourth-order valence-corrected chi connectivity index (χ4v) is 1.69. The summed E-state index contributed by atoms with van der Waals surface area (Å²) in [7, 11) is 0. The van der Waals surface area contributed by atoms with E-state index in [0.29, 0.717) is 13.0 Å². The zero-order valence-corrected chi connectivity index (χ0v) is 10.5. The molecule has 1 rings (SSSR count). The molecule has 0 saturated carbocycles. The fraction of sp³-hybridized carbons (Fsp3) is 0.462. The van der Waals surface area contributed by atoms with E-state index in [0.717, 1.165) is 11.1 Å². The van der Waals surface area contributed by atoms with Gasteiger partial charge in [-0.3, -0.25) is 4.79 Å². The number of carboxylic acid groups (broad SMARTS) is 1. The minimum absolute atomic E-state index is 0.309. The lowest BCUT2D eigenvalue weighted by Crippen LogP contribution is -2.39. The minimum atomic E-state index is -4.72. The lowest BCUT2D eigenvalue weighted by atomic mass is 10.1. The molecule has 0 aliphatic heterocycles. The van der Waals surface area contributed by atoms with Crippen molar-refractivity contribution < 1.29 is 23.1 Å². The largest absolute Gasteiger partial charge is 0.481 e. The summed E-state index contributed by atoms with van der Waals surface area (Å²) in [6.07, 6.45) is -4.16. The first-order valence-electron chi connectivity index (χ1n) is 5.86. The number of rotatable bonds is 6. The molecule has 0 spiro atoms. The molecule has 0 saturated heterocycles. The van der Waals surface area contributed by atoms with Gasteiger partial charge in [-0.25, -0.2) is 0 Å². The quantitative estimate of drug-likeness (QED) is 0.784. The van der Waals surface area contributed by atoms with Gasteiger partial charge in [0.2, 0.25) is 0 Å². The normalized spacial score (nSPS) is 13.3. The van der Waals surface area contributed by atoms with Crippen molar-refractivity contribution in [3.05, 3.63) is 35.4 Å². The number of halogens is 3. The number of carboxylic acids is 1. The molecule has 0 amide bonds. The third-order valence-electron chi connectivity index (χ3n) is 2.71. The van der Waals surface area contributed by atoms with Crippen LogP contribution in [0.25, 0.3) is 0 Å². The maximum atomic E-state index is 12.4. The van der Waals surface area contributed by atoms with E-state index in [1.165, 1.54) is 0 Å². The second-order valence-corrected chi connectivity index (χ2v) is 4.38. The summed E-state index contributed by atoms with van der Waals surface area (Å²) in [5.41, 5.74) is 2.09. The van der Waals surface area contributed by atoms with Gasteiger partial charge >= 0.3 is 12.1 Å². The number of hydrogen-bond donors (Lipinski definition) is 2. The van der Waals surface area contributed by atoms with Crippen LogP contribution in [-0.4, -0.2) is 30.3 Å². The predicted molar refractivity (Wildman–Crippen MR) is 64.9 cm³/mol. The van der Waals surface area contributed by atoms with Crippen LogP contribution in [-0.2, 0) is 11.2 Å². The Morgan fingerprint density at radius 1 is 1.42 bits per heavy atom. The first kappa shape index (κ1) is 15.5. The van der Waals surface area contributed by atoms with Gasteiger partial charge in [0.05, 0.1) is 0 Å². The van der Waals surface area contributed by atoms with Crippen LogP contribution in [0, 0.1) is 12.8 Å². The number of aryl methyl sites for hydroxylation is 1. The molecular weight excluding hydrogens is 259 g/mol. The third kappa shape index (κ3) is 5.30. The van der Waals surface area contributed by atoms with Crippen molar-refractivity contribution >= 4 is 5.97 Å². The van der Waals surface area contributed by atoms with Crippen LogP contribution in [0.1, 0.15) is 11.1 Å². The average molecular weight is 275 g/mol. The molecule has 3 nitrogen and oxygen atoms in total. The second-order valence-electron chi connectivity index (χ2n) is 4.38. The predicted octanol–water partition coefficient (Wildman–Crippen LogP) is 2.39. The van der Waals surface area contributed by atoms with Crippen molar-refractivity contribution in [3.63, 3.8) is 0 Å². The van der Waals surface area contributed by atoms with Gasteiger partial charge in [-0.1, -0.05) is 29.8 Å². The van der Waals surface area contributed by atoms with Gasteiger partial charge < -0.3 is 10.4 Å². The van der Waals surface area contributed by atoms with Crippen LogP contribution in [0.15, 0.2) is 24.3 Å². The number of nitrogens with one attached hydrogen (secondary N) is 1. The van der Waals surface area contributed by atoms with Crippen LogP contribution in [0.4, 0.5) is 13.2 Å². The molecule has 2 N–H and O–H groups in total. The first-order chi connectivity index (χ1) is 8.80. The molecule has 1 atom stereocenters. The van der Waals surface area contributed by atoms with Gasteiger partial charge in [-0.05, 0) is 25.5 Å². The molecule has 6 heteroatoms. The molecular formula is C13H16F3NO2. The van der Waals surface area contributed by atoms with E-state index in [-0.39, 0.29) is 0 Å². The van der Waals surface area contributed by atoms with Crippen molar-refractivity contribution in [1.82, 2.24) is 5.32 Å². The van der Waals surface area contributed by atoms with E-state index in [9.17, 15) is 18.0 Å². The standard InChI is InChI=1S/C13H16F3NO2/c1-9-3-2-4-10(7-9)5-6-17-8-11(12(18)19)13(14,15)16/h2-4,7,11,17H,5-6,8H2,1H3,(H,18,19). The van der Waals surface area contributed by atoms with Crippen molar-refractivity contribution in [2.45, 2.75) is 19.5 Å². The van der Waals surface area contributed by atoms with Gasteiger partial charge in [-0.2, -0.15) is 13.2 Å². The maximum Gasteiger partial charge on any atom is 0.403 e. The van der Waals surface area contributed by atoms with Gasteiger partial charge in [0, 0.05) is 6.54 Å². The molecule has 0 aliphatic rings. The second kappa shape index (κ2) is 6.56. The van der Waals surface area contributed by atoms with Gasteiger partial charge in [0.25, 0.3) is 0 Å². The topological polar surface area (TPSA) is 49.3 Å². The van der Waals surface area contributed by atoms with E-state index in [1.807, 2.05) is 31.2 Å². The lowest BCUT2D eigenvalue weighted by molar-refractivity contribution is -0.192. The Morgan fingerprint density at radius 3 is 2.63 bits per heavy atom. The smallest absolute Gasteiger partial charge is 0.403 e. The van der Waals surface area contributed by atoms with Gasteiger partial charge in [0.15, 0.2) is 5.92 Å². The summed E-state index contributed by atoms with van der Waals surface area (Å²) >= 11 is 0. The zero-order valence-electron chi connectivity index (χ0n) is 10.5. The lowest BCUT2D eigenvalue weighted by Gasteiger charge is -2.16. The SMILES string of the molecule is Cc1cccc(CCNCC(C(=O)O)C(F)(F)F)c1. The van der Waals surface area contributed by atoms with Crippen LogP contribution in [0.3, 0.4) is 0 Å². The monoisotopic (exact) mass is 275 g/mol. The summed E-state index contributed by atoms with van der Waals surface area (Å²) in [6.45, 7) is 1.63. The molecule has 0 radical (unpaired) electrons. The van der Waals surface area contributed by atoms with Gasteiger partial charge in [-0.15, -0.1) is 0 Å². The van der Waals surface area contributed by atoms with E-state index < -0.39 is 24.6 Å². The fourth-order valence-electron chi connectivity index (χ4n) is 1.69. The highest BCUT2D eigenvalue weighted by atomic mass is 19.4. The van der Waals surface area contributed by atoms with E-state index >= 15 is 0 Å². The summed E-state index contributed by atoms with van der Waals surface area (Å²) < 4.78 is 37.1. The summed E-state index contributed by atoms with van der Waals surface area (Å²) in [5.74, 6) is -4.21. The number of carbonyl (C=O) groups is 1. The van der Waals surface area contributed by atoms with Gasteiger partial charge in [0.1, 0.15) is 0 Å². The van der Waals surface area contributed by atoms with E-state index in [2.05, 4.69) is 5.32 Å². The molecule has 1 aromatic rings. The maximum absolute atomic E-state index is 12.4. The molecule has 0 fully saturated rings. The highest BCUT2D eigenvalue weighted by Crippen LogP contribution is 2.25. The Hall–Kier alpha value is -1.56. The molecule has 1 unspecified atom stereocenters. The Morgan fingerprint density at radius 2 is 2.11 bits per heavy atom. The van der Waals surface area contributed by atoms with Crippen LogP contribution >= 0.6 is 0 Å². The Labute approximate surface area is 109 Å². The van der Waals surface area contributed by atoms with Crippen LogP contribution in [0.2, 0.25) is 0 Å². The molecule has 0 aromatic heterocycles. The Balaban J connectivity index is 2.39. The highest BCUT2D eigenvalue weighted by Gasteiger charge is 2.44. The first-order valence-corrected chi connectivity index (χ1v) is 5.86. The number of aliphatic carboxylic acids is 1. The summed E-state index contributed by atoms with van der Waals surface area (Å²) in [4.78, 5) is 10.5. The zero-order chi connectivity index (χ0) is 14.5. The highest BCUT2D eigenvalue weighted by molar-refractivity contribution is 5.71. The van der Waals surface area contributed by atoms with E-state index in [1.54, 1.807) is 0 Å².